The van der Waals surface area contributed by atoms with E-state index in [1.807, 2.05) is 0 Å². The van der Waals surface area contributed by atoms with Crippen LogP contribution in [0.25, 0.3) is 22.6 Å². The van der Waals surface area contributed by atoms with E-state index in [1.54, 1.807) is 30.1 Å². The molecule has 0 unspecified atom stereocenters. The van der Waals surface area contributed by atoms with E-state index in [9.17, 15) is 0 Å². The topological polar surface area (TPSA) is 85.4 Å². The van der Waals surface area contributed by atoms with Crippen molar-refractivity contribution in [2.75, 3.05) is 5.73 Å². The van der Waals surface area contributed by atoms with Gasteiger partial charge in [0.2, 0.25) is 0 Å². The van der Waals surface area contributed by atoms with Crippen LogP contribution in [0.15, 0.2) is 18.3 Å². The SMILES string of the molecule is Cn1cc(-c2nc3c(N)cc(Cl)cc3[nH]2)nn1. The molecule has 0 saturated heterocycles. The Kier molecular flexibility index (Phi) is 2.05. The molecular weight excluding hydrogens is 240 g/mol. The summed E-state index contributed by atoms with van der Waals surface area (Å²) in [5, 5.41) is 8.40. The monoisotopic (exact) mass is 248 g/mol. The van der Waals surface area contributed by atoms with E-state index in [1.165, 1.54) is 0 Å². The van der Waals surface area contributed by atoms with Crippen molar-refractivity contribution in [2.45, 2.75) is 0 Å². The van der Waals surface area contributed by atoms with Crippen molar-refractivity contribution in [1.29, 1.82) is 0 Å². The van der Waals surface area contributed by atoms with Gasteiger partial charge >= 0.3 is 0 Å². The Hall–Kier alpha value is -2.08. The Morgan fingerprint density at radius 2 is 2.24 bits per heavy atom. The predicted molar refractivity (Wildman–Crippen MR) is 65.5 cm³/mol. The molecule has 0 aliphatic rings. The maximum atomic E-state index is 5.92. The third kappa shape index (κ3) is 1.62. The van der Waals surface area contributed by atoms with Crippen LogP contribution < -0.4 is 5.73 Å². The van der Waals surface area contributed by atoms with Crippen LogP contribution >= 0.6 is 11.6 Å². The number of fused-ring (bicyclic) bond motifs is 1. The quantitative estimate of drug-likeness (QED) is 0.641. The number of nitrogens with two attached hydrogens (primary N) is 1. The van der Waals surface area contributed by atoms with Crippen molar-refractivity contribution in [3.05, 3.63) is 23.4 Å². The van der Waals surface area contributed by atoms with Gasteiger partial charge in [-0.05, 0) is 12.1 Å². The van der Waals surface area contributed by atoms with Crippen molar-refractivity contribution in [3.8, 4) is 11.5 Å². The highest BCUT2D eigenvalue weighted by atomic mass is 35.5. The van der Waals surface area contributed by atoms with Crippen LogP contribution in [-0.2, 0) is 7.05 Å². The average Bonchev–Trinajstić information content (AvgIpc) is 2.83. The Bertz CT molecular complexity index is 698. The number of rotatable bonds is 1. The molecule has 0 atom stereocenters. The number of aromatic amines is 1. The molecule has 6 nitrogen and oxygen atoms in total. The summed E-state index contributed by atoms with van der Waals surface area (Å²) in [4.78, 5) is 7.50. The smallest absolute Gasteiger partial charge is 0.160 e. The normalized spacial score (nSPS) is 11.2. The van der Waals surface area contributed by atoms with Crippen LogP contribution in [-0.4, -0.2) is 25.0 Å². The lowest BCUT2D eigenvalue weighted by Gasteiger charge is -1.94. The van der Waals surface area contributed by atoms with Gasteiger partial charge in [0.1, 0.15) is 11.2 Å². The van der Waals surface area contributed by atoms with E-state index in [4.69, 9.17) is 17.3 Å². The molecule has 0 saturated carbocycles. The van der Waals surface area contributed by atoms with E-state index in [-0.39, 0.29) is 0 Å². The fourth-order valence-electron chi connectivity index (χ4n) is 1.68. The zero-order valence-electron chi connectivity index (χ0n) is 8.98. The van der Waals surface area contributed by atoms with Gasteiger partial charge in [0.05, 0.1) is 17.4 Å². The zero-order chi connectivity index (χ0) is 12.0. The Balaban J connectivity index is 2.23. The van der Waals surface area contributed by atoms with Crippen LogP contribution in [0.2, 0.25) is 5.02 Å². The summed E-state index contributed by atoms with van der Waals surface area (Å²) >= 11 is 5.92. The molecule has 86 valence electrons. The Morgan fingerprint density at radius 3 is 2.94 bits per heavy atom. The first-order chi connectivity index (χ1) is 8.13. The number of hydrogen-bond donors (Lipinski definition) is 2. The summed E-state index contributed by atoms with van der Waals surface area (Å²) in [6.07, 6.45) is 1.77. The third-order valence-electron chi connectivity index (χ3n) is 2.43. The van der Waals surface area contributed by atoms with Crippen LogP contribution in [0.3, 0.4) is 0 Å². The van der Waals surface area contributed by atoms with Crippen molar-refractivity contribution < 1.29 is 0 Å². The molecule has 0 fully saturated rings. The second kappa shape index (κ2) is 3.46. The third-order valence-corrected chi connectivity index (χ3v) is 2.64. The molecular formula is C10H9ClN6. The minimum atomic E-state index is 0.541. The molecule has 3 rings (SSSR count). The number of aromatic nitrogens is 5. The van der Waals surface area contributed by atoms with Crippen molar-refractivity contribution >= 4 is 28.3 Å². The maximum absolute atomic E-state index is 5.92. The predicted octanol–water partition coefficient (Wildman–Crippen LogP) is 1.59. The first-order valence-corrected chi connectivity index (χ1v) is 5.33. The van der Waals surface area contributed by atoms with E-state index in [0.29, 0.717) is 27.7 Å². The summed E-state index contributed by atoms with van der Waals surface area (Å²) in [6, 6.07) is 3.45. The summed E-state index contributed by atoms with van der Waals surface area (Å²) in [5.74, 6) is 0.627. The lowest BCUT2D eigenvalue weighted by molar-refractivity contribution is 0.715. The number of hydrogen-bond acceptors (Lipinski definition) is 4. The number of halogens is 1. The number of benzene rings is 1. The van der Waals surface area contributed by atoms with E-state index >= 15 is 0 Å². The number of imidazole rings is 1. The fraction of sp³-hybridized carbons (Fsp3) is 0.100. The summed E-state index contributed by atoms with van der Waals surface area (Å²) in [7, 11) is 1.80. The summed E-state index contributed by atoms with van der Waals surface area (Å²) in [5.41, 5.74) is 8.53. The van der Waals surface area contributed by atoms with Crippen LogP contribution in [0.1, 0.15) is 0 Å². The molecule has 1 aromatic carbocycles. The Labute approximate surface area is 101 Å². The van der Waals surface area contributed by atoms with Crippen LogP contribution in [0, 0.1) is 0 Å². The van der Waals surface area contributed by atoms with Crippen LogP contribution in [0.4, 0.5) is 5.69 Å². The molecule has 3 aromatic rings. The molecule has 2 heterocycles. The second-order valence-corrected chi connectivity index (χ2v) is 4.19. The van der Waals surface area contributed by atoms with E-state index < -0.39 is 0 Å². The minimum Gasteiger partial charge on any atom is -0.397 e. The van der Waals surface area contributed by atoms with Gasteiger partial charge in [-0.25, -0.2) is 4.98 Å². The van der Waals surface area contributed by atoms with Gasteiger partial charge in [0.25, 0.3) is 0 Å². The molecule has 7 heteroatoms. The lowest BCUT2D eigenvalue weighted by atomic mass is 10.3. The average molecular weight is 249 g/mol. The van der Waals surface area contributed by atoms with E-state index in [0.717, 1.165) is 5.52 Å². The largest absolute Gasteiger partial charge is 0.397 e. The summed E-state index contributed by atoms with van der Waals surface area (Å²) < 4.78 is 1.61. The Morgan fingerprint density at radius 1 is 1.41 bits per heavy atom. The lowest BCUT2D eigenvalue weighted by Crippen LogP contribution is -1.86. The standard InChI is InChI=1S/C10H9ClN6/c1-17-4-8(15-16-17)10-13-7-3-5(11)2-6(12)9(7)14-10/h2-4H,12H2,1H3,(H,13,14). The number of nitrogens with zero attached hydrogens (tertiary/aromatic N) is 4. The van der Waals surface area contributed by atoms with Gasteiger partial charge < -0.3 is 10.7 Å². The highest BCUT2D eigenvalue weighted by Gasteiger charge is 2.11. The first-order valence-electron chi connectivity index (χ1n) is 4.95. The second-order valence-electron chi connectivity index (χ2n) is 3.75. The number of nitrogens with one attached hydrogen (secondary N) is 1. The highest BCUT2D eigenvalue weighted by Crippen LogP contribution is 2.26. The van der Waals surface area contributed by atoms with Crippen molar-refractivity contribution in [2.24, 2.45) is 7.05 Å². The molecule has 0 spiro atoms. The van der Waals surface area contributed by atoms with Crippen molar-refractivity contribution in [1.82, 2.24) is 25.0 Å². The molecule has 17 heavy (non-hydrogen) atoms. The first kappa shape index (κ1) is 10.1. The highest BCUT2D eigenvalue weighted by molar-refractivity contribution is 6.31. The van der Waals surface area contributed by atoms with E-state index in [2.05, 4.69) is 20.3 Å². The molecule has 0 aliphatic heterocycles. The van der Waals surface area contributed by atoms with Gasteiger partial charge in [-0.3, -0.25) is 4.68 Å². The number of H-pyrrole nitrogens is 1. The maximum Gasteiger partial charge on any atom is 0.160 e. The number of anilines is 1. The van der Waals surface area contributed by atoms with Crippen molar-refractivity contribution in [3.63, 3.8) is 0 Å². The molecule has 0 bridgehead atoms. The minimum absolute atomic E-state index is 0.541. The number of nitrogen functional groups attached to an aromatic ring is 1. The van der Waals surface area contributed by atoms with Gasteiger partial charge in [-0.2, -0.15) is 0 Å². The molecule has 2 aromatic heterocycles. The van der Waals surface area contributed by atoms with Gasteiger partial charge in [-0.15, -0.1) is 5.10 Å². The number of aryl methyl sites for hydroxylation is 1. The summed E-state index contributed by atoms with van der Waals surface area (Å²) in [6.45, 7) is 0. The molecule has 0 radical (unpaired) electrons. The van der Waals surface area contributed by atoms with Crippen LogP contribution in [0.5, 0.6) is 0 Å². The molecule has 3 N–H and O–H groups in total. The van der Waals surface area contributed by atoms with Gasteiger partial charge in [-0.1, -0.05) is 16.8 Å². The van der Waals surface area contributed by atoms with Gasteiger partial charge in [0.15, 0.2) is 5.82 Å². The molecule has 0 aliphatic carbocycles. The molecule has 0 amide bonds. The van der Waals surface area contributed by atoms with Gasteiger partial charge in [0, 0.05) is 12.1 Å². The zero-order valence-corrected chi connectivity index (χ0v) is 9.73. The fourth-order valence-corrected chi connectivity index (χ4v) is 1.91.